The Morgan fingerprint density at radius 3 is 2.32 bits per heavy atom. The van der Waals surface area contributed by atoms with Crippen molar-refractivity contribution in [2.24, 2.45) is 11.8 Å². The summed E-state index contributed by atoms with van der Waals surface area (Å²) in [6.45, 7) is 3.82. The van der Waals surface area contributed by atoms with Crippen LogP contribution >= 0.6 is 11.3 Å². The maximum atomic E-state index is 13.0. The monoisotopic (exact) mass is 404 g/mol. The molecule has 0 saturated heterocycles. The number of aryl methyl sites for hydroxylation is 1. The maximum Gasteiger partial charge on any atom is 0.341 e. The van der Waals surface area contributed by atoms with Crippen LogP contribution in [0.1, 0.15) is 66.8 Å². The number of hydrogen-bond acceptors (Lipinski definition) is 6. The van der Waals surface area contributed by atoms with Crippen molar-refractivity contribution >= 4 is 34.2 Å². The van der Waals surface area contributed by atoms with E-state index in [-0.39, 0.29) is 5.91 Å². The van der Waals surface area contributed by atoms with Crippen molar-refractivity contribution in [1.29, 1.82) is 0 Å². The molecule has 1 N–H and O–H groups in total. The number of esters is 1. The average Bonchev–Trinajstić information content (AvgIpc) is 2.83. The van der Waals surface area contributed by atoms with Crippen molar-refractivity contribution in [3.63, 3.8) is 0 Å². The summed E-state index contributed by atoms with van der Waals surface area (Å²) in [5.74, 6) is -3.60. The second kappa shape index (κ2) is 8.47. The zero-order chi connectivity index (χ0) is 20.4. The minimum absolute atomic E-state index is 0.317. The highest BCUT2D eigenvalue weighted by molar-refractivity contribution is 7.17. The quantitative estimate of drug-likeness (QED) is 0.473. The number of fused-ring (bicyclic) bond motifs is 1. The zero-order valence-electron chi connectivity index (χ0n) is 16.6. The van der Waals surface area contributed by atoms with Gasteiger partial charge in [0, 0.05) is 16.8 Å². The summed E-state index contributed by atoms with van der Waals surface area (Å²) >= 11 is 1.41. The Kier molecular flexibility index (Phi) is 6.23. The molecule has 6 nitrogen and oxygen atoms in total. The number of carboxylic acids is 1. The van der Waals surface area contributed by atoms with Gasteiger partial charge in [0.05, 0.1) is 18.6 Å². The molecule has 0 aliphatic heterocycles. The normalized spacial score (nSPS) is 22.2. The Balaban J connectivity index is 1.91. The van der Waals surface area contributed by atoms with E-state index in [2.05, 4.69) is 5.32 Å². The fraction of sp³-hybridized carbons (Fsp3) is 0.571. The number of amides is 1. The van der Waals surface area contributed by atoms with Crippen molar-refractivity contribution in [3.8, 4) is 0 Å². The van der Waals surface area contributed by atoms with Crippen LogP contribution in [-0.2, 0) is 27.2 Å². The molecule has 1 aromatic rings. The van der Waals surface area contributed by atoms with Gasteiger partial charge in [-0.25, -0.2) is 4.79 Å². The molecular weight excluding hydrogens is 378 g/mol. The number of hydrogen-bond donors (Lipinski definition) is 1. The summed E-state index contributed by atoms with van der Waals surface area (Å²) in [7, 11) is 1.33. The van der Waals surface area contributed by atoms with Crippen molar-refractivity contribution in [1.82, 2.24) is 0 Å². The minimum Gasteiger partial charge on any atom is -0.550 e. The first-order valence-corrected chi connectivity index (χ1v) is 10.5. The van der Waals surface area contributed by atoms with Gasteiger partial charge in [-0.2, -0.15) is 0 Å². The molecule has 0 aromatic carbocycles. The van der Waals surface area contributed by atoms with Crippen molar-refractivity contribution < 1.29 is 24.2 Å². The van der Waals surface area contributed by atoms with E-state index in [0.29, 0.717) is 23.4 Å². The van der Waals surface area contributed by atoms with Crippen molar-refractivity contribution in [2.45, 2.75) is 58.8 Å². The molecule has 0 bridgehead atoms. The van der Waals surface area contributed by atoms with Crippen LogP contribution in [0.5, 0.6) is 0 Å². The van der Waals surface area contributed by atoms with Gasteiger partial charge in [-0.05, 0) is 57.9 Å². The van der Waals surface area contributed by atoms with Crippen LogP contribution in [0.4, 0.5) is 5.00 Å². The number of carbonyl (C=O) groups excluding carboxylic acids is 3. The number of allylic oxidation sites excluding steroid dienone is 2. The second-order valence-corrected chi connectivity index (χ2v) is 8.86. The van der Waals surface area contributed by atoms with Gasteiger partial charge in [0.2, 0.25) is 5.91 Å². The molecule has 1 heterocycles. The van der Waals surface area contributed by atoms with E-state index in [4.69, 9.17) is 4.74 Å². The average molecular weight is 405 g/mol. The van der Waals surface area contributed by atoms with Crippen LogP contribution in [0.25, 0.3) is 0 Å². The summed E-state index contributed by atoms with van der Waals surface area (Å²) in [6, 6.07) is 0. The van der Waals surface area contributed by atoms with Gasteiger partial charge in [0.15, 0.2) is 0 Å². The van der Waals surface area contributed by atoms with Crippen LogP contribution in [0.2, 0.25) is 0 Å². The summed E-state index contributed by atoms with van der Waals surface area (Å²) in [5.41, 5.74) is 3.43. The molecule has 152 valence electrons. The van der Waals surface area contributed by atoms with E-state index >= 15 is 0 Å². The molecule has 7 heteroatoms. The van der Waals surface area contributed by atoms with Crippen molar-refractivity contribution in [3.05, 3.63) is 27.2 Å². The predicted octanol–water partition coefficient (Wildman–Crippen LogP) is 2.85. The molecule has 0 radical (unpaired) electrons. The Bertz CT molecular complexity index is 838. The summed E-state index contributed by atoms with van der Waals surface area (Å²) in [6.07, 6.45) is 5.54. The lowest BCUT2D eigenvalue weighted by Crippen LogP contribution is -2.42. The highest BCUT2D eigenvalue weighted by atomic mass is 32.1. The third-order valence-electron chi connectivity index (χ3n) is 5.95. The molecule has 2 unspecified atom stereocenters. The van der Waals surface area contributed by atoms with E-state index < -0.39 is 23.8 Å². The molecular formula is C21H26NO5S-. The number of aliphatic carboxylic acids is 1. The maximum absolute atomic E-state index is 13.0. The first-order valence-electron chi connectivity index (χ1n) is 9.73. The number of rotatable bonds is 4. The van der Waals surface area contributed by atoms with E-state index in [1.807, 2.05) is 13.8 Å². The molecule has 28 heavy (non-hydrogen) atoms. The number of thiophene rings is 1. The van der Waals surface area contributed by atoms with Crippen LogP contribution < -0.4 is 10.4 Å². The molecule has 0 saturated carbocycles. The highest BCUT2D eigenvalue weighted by Crippen LogP contribution is 2.40. The second-order valence-electron chi connectivity index (χ2n) is 7.75. The fourth-order valence-corrected chi connectivity index (χ4v) is 5.45. The van der Waals surface area contributed by atoms with Crippen LogP contribution in [0.15, 0.2) is 11.1 Å². The van der Waals surface area contributed by atoms with Gasteiger partial charge in [-0.15, -0.1) is 11.3 Å². The first kappa shape index (κ1) is 20.6. The molecule has 1 amide bonds. The lowest BCUT2D eigenvalue weighted by molar-refractivity contribution is -0.313. The summed E-state index contributed by atoms with van der Waals surface area (Å²) < 4.78 is 4.96. The first-order chi connectivity index (χ1) is 13.3. The van der Waals surface area contributed by atoms with Gasteiger partial charge >= 0.3 is 5.97 Å². The molecule has 2 aliphatic carbocycles. The zero-order valence-corrected chi connectivity index (χ0v) is 17.4. The van der Waals surface area contributed by atoms with E-state index in [0.717, 1.165) is 53.7 Å². The smallest absolute Gasteiger partial charge is 0.341 e. The molecule has 2 atom stereocenters. The highest BCUT2D eigenvalue weighted by Gasteiger charge is 2.35. The van der Waals surface area contributed by atoms with Crippen LogP contribution in [0, 0.1) is 11.8 Å². The van der Waals surface area contributed by atoms with Gasteiger partial charge in [0.25, 0.3) is 0 Å². The third-order valence-corrected chi connectivity index (χ3v) is 7.16. The Hall–Kier alpha value is -2.15. The standard InChI is InChI=1S/C21H27NO5S/c1-11-9-14(15(20(24)25)10-12(11)2)18(23)22-19-17(21(26)27-3)13-7-5-4-6-8-16(13)28-19/h14-15H,4-10H2,1-3H3,(H,22,23)(H,24,25)/p-1. The van der Waals surface area contributed by atoms with E-state index in [1.54, 1.807) is 0 Å². The van der Waals surface area contributed by atoms with E-state index in [9.17, 15) is 19.5 Å². The molecule has 3 rings (SSSR count). The molecule has 0 spiro atoms. The van der Waals surface area contributed by atoms with Gasteiger partial charge in [-0.3, -0.25) is 4.79 Å². The topological polar surface area (TPSA) is 95.5 Å². The minimum atomic E-state index is -1.21. The van der Waals surface area contributed by atoms with Gasteiger partial charge in [0.1, 0.15) is 5.00 Å². The Morgan fingerprint density at radius 2 is 1.68 bits per heavy atom. The van der Waals surface area contributed by atoms with Gasteiger partial charge < -0.3 is 20.0 Å². The SMILES string of the molecule is COC(=O)c1c(NC(=O)C2CC(C)=C(C)CC2C(=O)[O-])sc2c1CCCCC2. The molecule has 1 aromatic heterocycles. The molecule has 2 aliphatic rings. The third kappa shape index (κ3) is 3.99. The van der Waals surface area contributed by atoms with Crippen LogP contribution in [0.3, 0.4) is 0 Å². The summed E-state index contributed by atoms with van der Waals surface area (Å²) in [4.78, 5) is 38.2. The largest absolute Gasteiger partial charge is 0.550 e. The van der Waals surface area contributed by atoms with Crippen LogP contribution in [-0.4, -0.2) is 25.0 Å². The lowest BCUT2D eigenvalue weighted by Gasteiger charge is -2.32. The number of carbonyl (C=O) groups is 3. The fourth-order valence-electron chi connectivity index (χ4n) is 4.17. The number of ether oxygens (including phenoxy) is 1. The van der Waals surface area contributed by atoms with E-state index in [1.165, 1.54) is 18.4 Å². The Labute approximate surface area is 169 Å². The Morgan fingerprint density at radius 1 is 1.04 bits per heavy atom. The lowest BCUT2D eigenvalue weighted by atomic mass is 9.76. The number of nitrogens with one attached hydrogen (secondary N) is 1. The number of carboxylic acid groups (broad SMARTS) is 1. The predicted molar refractivity (Wildman–Crippen MR) is 105 cm³/mol. The summed E-state index contributed by atoms with van der Waals surface area (Å²) in [5, 5.41) is 14.9. The number of anilines is 1. The number of methoxy groups -OCH3 is 1. The molecule has 0 fully saturated rings. The van der Waals surface area contributed by atoms with Gasteiger partial charge in [-0.1, -0.05) is 17.6 Å². The van der Waals surface area contributed by atoms with Crippen molar-refractivity contribution in [2.75, 3.05) is 12.4 Å².